The highest BCUT2D eigenvalue weighted by Crippen LogP contribution is 2.35. The van der Waals surface area contributed by atoms with Crippen molar-refractivity contribution in [3.63, 3.8) is 0 Å². The van der Waals surface area contributed by atoms with Crippen molar-refractivity contribution >= 4 is 119 Å². The molecule has 632 valence electrons. The number of carbonyl (C=O) groups excluding carboxylic acids is 1. The summed E-state index contributed by atoms with van der Waals surface area (Å²) in [5.74, 6) is 3.29. The minimum atomic E-state index is -0.114. The highest BCUT2D eigenvalue weighted by molar-refractivity contribution is 7.23. The number of nitrogens with zero attached hydrogens (tertiary/aromatic N) is 10. The van der Waals surface area contributed by atoms with Crippen LogP contribution in [0, 0.1) is 6.92 Å². The zero-order chi connectivity index (χ0) is 85.5. The van der Waals surface area contributed by atoms with E-state index in [-0.39, 0.29) is 30.9 Å². The highest BCUT2D eigenvalue weighted by atomic mass is 32.1. The number of thiazole rings is 2. The Kier molecular flexibility index (Phi) is 36.5. The molecule has 1 unspecified atom stereocenters. The molecular weight excluding hydrogens is 1570 g/mol. The Morgan fingerprint density at radius 1 is 0.570 bits per heavy atom. The third-order valence-corrected chi connectivity index (χ3v) is 20.5. The monoisotopic (exact) mass is 1670 g/mol. The van der Waals surface area contributed by atoms with E-state index in [0.717, 1.165) is 125 Å². The lowest BCUT2D eigenvalue weighted by atomic mass is 10.0. The molecule has 8 heterocycles. The van der Waals surface area contributed by atoms with Gasteiger partial charge in [0.1, 0.15) is 53.1 Å². The van der Waals surface area contributed by atoms with Gasteiger partial charge in [0.25, 0.3) is 5.91 Å². The number of oxazole rings is 1. The van der Waals surface area contributed by atoms with Gasteiger partial charge in [0.2, 0.25) is 17.7 Å². The molecule has 0 saturated carbocycles. The first-order valence-corrected chi connectivity index (χ1v) is 41.9. The quantitative estimate of drug-likeness (QED) is 0.0210. The van der Waals surface area contributed by atoms with Crippen LogP contribution in [-0.4, -0.2) is 188 Å². The first-order chi connectivity index (χ1) is 59.0. The molecule has 0 aliphatic rings. The van der Waals surface area contributed by atoms with Crippen LogP contribution in [0.15, 0.2) is 211 Å². The number of methoxy groups -OCH3 is 1. The number of aliphatic hydroxyl groups is 1. The van der Waals surface area contributed by atoms with Crippen molar-refractivity contribution < 1.29 is 57.3 Å². The minimum Gasteiger partial charge on any atom is -0.507 e. The van der Waals surface area contributed by atoms with Gasteiger partial charge in [0.05, 0.1) is 70.3 Å². The van der Waals surface area contributed by atoms with Gasteiger partial charge in [-0.05, 0) is 158 Å². The Hall–Kier alpha value is -12.4. The van der Waals surface area contributed by atoms with Gasteiger partial charge in [-0.3, -0.25) is 14.2 Å². The number of carbonyl (C=O) groups is 1. The number of ether oxygens (including phenoxy) is 8. The van der Waals surface area contributed by atoms with Crippen LogP contribution in [0.5, 0.6) is 29.0 Å². The van der Waals surface area contributed by atoms with E-state index in [1.807, 2.05) is 205 Å². The lowest BCUT2D eigenvalue weighted by Crippen LogP contribution is -2.35. The number of anilines is 3. The van der Waals surface area contributed by atoms with E-state index < -0.39 is 0 Å². The summed E-state index contributed by atoms with van der Waals surface area (Å²) in [4.78, 5) is 50.5. The Bertz CT molecular complexity index is 5430. The van der Waals surface area contributed by atoms with Crippen molar-refractivity contribution in [2.75, 3.05) is 137 Å². The Balaban J connectivity index is 0.000000159. The normalized spacial score (nSPS) is 11.4. The molecule has 121 heavy (non-hydrogen) atoms. The van der Waals surface area contributed by atoms with Gasteiger partial charge in [-0.2, -0.15) is 0 Å². The zero-order valence-corrected chi connectivity index (χ0v) is 72.2. The second kappa shape index (κ2) is 48.6. The number of aromatic nitrogens is 8. The number of hydrogen-bond donors (Lipinski definition) is 4. The van der Waals surface area contributed by atoms with Gasteiger partial charge >= 0.3 is 0 Å². The summed E-state index contributed by atoms with van der Waals surface area (Å²) in [7, 11) is 11.2. The summed E-state index contributed by atoms with van der Waals surface area (Å²) >= 11 is 3.14. The maximum absolute atomic E-state index is 12.9. The molecule has 0 saturated heterocycles. The predicted molar refractivity (Wildman–Crippen MR) is 491 cm³/mol. The lowest BCUT2D eigenvalue weighted by molar-refractivity contribution is 0.0361. The number of amides is 1. The third-order valence-electron chi connectivity index (χ3n) is 18.5. The fourth-order valence-electron chi connectivity index (χ4n) is 11.6. The van der Waals surface area contributed by atoms with Gasteiger partial charge < -0.3 is 73.0 Å². The van der Waals surface area contributed by atoms with E-state index in [4.69, 9.17) is 47.4 Å². The minimum absolute atomic E-state index is 0.0216. The average Bonchev–Trinajstić information content (AvgIpc) is 1.75. The number of nitrogens with one attached hydrogen (secondary N) is 2. The van der Waals surface area contributed by atoms with Crippen LogP contribution < -0.4 is 34.5 Å². The van der Waals surface area contributed by atoms with Crippen LogP contribution >= 0.6 is 22.7 Å². The van der Waals surface area contributed by atoms with Crippen LogP contribution in [0.4, 0.5) is 16.5 Å². The molecule has 1 amide bonds. The summed E-state index contributed by atoms with van der Waals surface area (Å²) < 4.78 is 51.1. The number of fused-ring (bicyclic) bond motifs is 5. The number of benzene rings is 6. The standard InChI is InChI=1S/C22H29NO3.C21H28N2O3.C21H22N2O2.C16H17N3O3S.C15H12N4OS/c1-3-14-24-15-16-25-17-18-26-22-12-8-20(9-13-22)5-4-19-6-10-21(23-2)11-7-19;1-3-12-24-13-14-25-15-16-26-21-11-8-19(17-23-21)5-4-18-6-9-20(22-2)10-7-18;1-4-14(2)23(3)21(25)18-13-15-9-5-6-10-16(15)20(22-18)17-11-7-8-12-19(17)24;1-19(2)16-17-10-12(23-16)4-6-15-18-13-5-3-11(21-8-7-20)9-14(13)22-15;1-9-3-4-10(7-16-9)11-8-19-12-5-6-13(20-2)18-14(12)21-15(19)17-11/h4-13,23H,3,14-18H2,1-2H3;4-11,17,22H,3,12-16H2,1-2H3;5-14,24H,4H2,1-3H3;3-6,9-10,20H,7-8H2,1-2H3;3-8H,1-2H3/b2*5-4+;;6-4+;. The molecule has 0 aliphatic heterocycles. The van der Waals surface area contributed by atoms with Gasteiger partial charge in [0.15, 0.2) is 15.7 Å². The van der Waals surface area contributed by atoms with E-state index in [9.17, 15) is 9.90 Å². The molecule has 26 heteroatoms. The molecule has 0 aliphatic carbocycles. The summed E-state index contributed by atoms with van der Waals surface area (Å²) in [6.45, 7) is 16.6. The molecule has 0 spiro atoms. The molecule has 6 aromatic carbocycles. The van der Waals surface area contributed by atoms with Crippen LogP contribution in [0.2, 0.25) is 0 Å². The summed E-state index contributed by atoms with van der Waals surface area (Å²) in [6, 6.07) is 58.6. The van der Waals surface area contributed by atoms with Gasteiger partial charge in [-0.15, -0.1) is 0 Å². The molecule has 14 aromatic rings. The fourth-order valence-corrected chi connectivity index (χ4v) is 13.3. The predicted octanol–water partition coefficient (Wildman–Crippen LogP) is 19.5. The SMILES string of the molecule is CCC(C)N(C)C(=O)c1cc2ccccc2c(-c2ccccc2O)n1.CCCOCCOCCOc1ccc(/C=C/c2ccc(NC)cc2)cc1.CCCOCCOCCOc1ccc(/C=C/c2ccc(NC)cc2)cn1.CN(C)c1ncc(/C=C/c2nc3ccc(OCCO)cc3o2)s1.COc1ccc2c(n1)sc1nc(-c3ccc(C)nc3)cn12. The van der Waals surface area contributed by atoms with E-state index in [0.29, 0.717) is 98.8 Å². The van der Waals surface area contributed by atoms with Crippen molar-refractivity contribution in [1.29, 1.82) is 0 Å². The molecule has 24 nitrogen and oxygen atoms in total. The smallest absolute Gasteiger partial charge is 0.272 e. The Morgan fingerprint density at radius 2 is 1.17 bits per heavy atom. The summed E-state index contributed by atoms with van der Waals surface area (Å²) in [5.41, 5.74) is 13.7. The second-order valence-electron chi connectivity index (χ2n) is 27.6. The molecule has 8 aromatic heterocycles. The van der Waals surface area contributed by atoms with E-state index in [1.165, 1.54) is 5.56 Å². The lowest BCUT2D eigenvalue weighted by Gasteiger charge is -2.24. The second-order valence-corrected chi connectivity index (χ2v) is 29.6. The largest absolute Gasteiger partial charge is 0.507 e. The first kappa shape index (κ1) is 90.9. The topological polar surface area (TPSA) is 270 Å². The maximum atomic E-state index is 12.9. The molecule has 4 N–H and O–H groups in total. The molecular formula is C95H108N12O12S2. The third kappa shape index (κ3) is 28.4. The van der Waals surface area contributed by atoms with Crippen molar-refractivity contribution in [1.82, 2.24) is 44.2 Å². The van der Waals surface area contributed by atoms with Crippen molar-refractivity contribution in [3.8, 4) is 51.5 Å². The van der Waals surface area contributed by atoms with Crippen LogP contribution in [-0.2, 0) is 18.9 Å². The number of para-hydroxylation sites is 1. The maximum Gasteiger partial charge on any atom is 0.272 e. The van der Waals surface area contributed by atoms with Crippen molar-refractivity contribution in [2.24, 2.45) is 0 Å². The first-order valence-electron chi connectivity index (χ1n) is 40.3. The van der Waals surface area contributed by atoms with E-state index in [2.05, 4.69) is 125 Å². The molecule has 1 atom stereocenters. The number of aliphatic hydroxyl groups excluding tert-OH is 1. The van der Waals surface area contributed by atoms with Crippen LogP contribution in [0.25, 0.3) is 96.2 Å². The van der Waals surface area contributed by atoms with Crippen LogP contribution in [0.1, 0.15) is 96.2 Å². The highest BCUT2D eigenvalue weighted by Gasteiger charge is 2.21. The molecule has 0 bridgehead atoms. The van der Waals surface area contributed by atoms with Crippen LogP contribution in [0.3, 0.4) is 0 Å². The van der Waals surface area contributed by atoms with E-state index >= 15 is 0 Å². The number of rotatable bonds is 36. The number of phenols is 1. The van der Waals surface area contributed by atoms with Gasteiger partial charge in [-0.1, -0.05) is 141 Å². The molecule has 0 radical (unpaired) electrons. The van der Waals surface area contributed by atoms with Gasteiger partial charge in [-0.25, -0.2) is 29.9 Å². The summed E-state index contributed by atoms with van der Waals surface area (Å²) in [6.07, 6.45) is 22.5. The van der Waals surface area contributed by atoms with Crippen molar-refractivity contribution in [2.45, 2.75) is 59.9 Å². The molecule has 14 rings (SSSR count). The number of aryl methyl sites for hydroxylation is 1. The number of aromatic hydroxyl groups is 1. The Morgan fingerprint density at radius 3 is 1.78 bits per heavy atom. The number of imidazole rings is 1. The number of hydrogen-bond acceptors (Lipinski definition) is 24. The van der Waals surface area contributed by atoms with Gasteiger partial charge in [0, 0.05) is 142 Å². The Labute approximate surface area is 715 Å². The average molecular weight is 1670 g/mol. The number of phenolic OH excluding ortho intramolecular Hbond substituents is 1. The zero-order valence-electron chi connectivity index (χ0n) is 70.5. The number of pyridine rings is 4. The van der Waals surface area contributed by atoms with Crippen molar-refractivity contribution in [3.05, 3.63) is 251 Å². The molecule has 0 fully saturated rings. The van der Waals surface area contributed by atoms with E-state index in [1.54, 1.807) is 72.2 Å². The fraction of sp³-hybridized carbons (Fsp3) is 0.284. The summed E-state index contributed by atoms with van der Waals surface area (Å²) in [5, 5.41) is 28.0.